The van der Waals surface area contributed by atoms with Gasteiger partial charge in [-0.25, -0.2) is 4.79 Å². The largest absolute Gasteiger partial charge is 0.479 e. The van der Waals surface area contributed by atoms with Crippen LogP contribution in [0.1, 0.15) is 25.5 Å². The maximum Gasteiger partial charge on any atom is 0.337 e. The van der Waals surface area contributed by atoms with E-state index in [1.165, 1.54) is 11.8 Å². The molecule has 0 aromatic heterocycles. The summed E-state index contributed by atoms with van der Waals surface area (Å²) in [5.74, 6) is -0.792. The van der Waals surface area contributed by atoms with E-state index in [2.05, 4.69) is 0 Å². The van der Waals surface area contributed by atoms with Crippen LogP contribution in [0.2, 0.25) is 0 Å². The topological polar surface area (TPSA) is 66.8 Å². The third-order valence-electron chi connectivity index (χ3n) is 2.24. The maximum atomic E-state index is 10.7. The van der Waals surface area contributed by atoms with Gasteiger partial charge in [0.05, 0.1) is 4.90 Å². The van der Waals surface area contributed by atoms with E-state index in [1.807, 2.05) is 19.9 Å². The molecule has 1 aromatic carbocycles. The minimum Gasteiger partial charge on any atom is -0.479 e. The molecule has 0 radical (unpaired) electrons. The number of hydrogen-bond donors (Lipinski definition) is 2. The zero-order valence-corrected chi connectivity index (χ0v) is 9.75. The number of para-hydroxylation sites is 1. The Morgan fingerprint density at radius 3 is 2.81 bits per heavy atom. The predicted molar refractivity (Wildman–Crippen MR) is 59.6 cm³/mol. The number of rotatable bonds is 2. The zero-order chi connectivity index (χ0) is 11.9. The fourth-order valence-corrected chi connectivity index (χ4v) is 2.66. The molecule has 1 aliphatic heterocycles. The van der Waals surface area contributed by atoms with Gasteiger partial charge in [0.2, 0.25) is 0 Å². The van der Waals surface area contributed by atoms with Crippen LogP contribution in [0.5, 0.6) is 5.75 Å². The first-order valence-electron chi connectivity index (χ1n) is 4.82. The number of aliphatic hydroxyl groups is 1. The van der Waals surface area contributed by atoms with E-state index in [0.717, 1.165) is 4.90 Å². The van der Waals surface area contributed by atoms with E-state index < -0.39 is 17.0 Å². The van der Waals surface area contributed by atoms with Crippen molar-refractivity contribution in [1.29, 1.82) is 0 Å². The summed E-state index contributed by atoms with van der Waals surface area (Å²) in [5.41, 5.74) is 0.308. The summed E-state index contributed by atoms with van der Waals surface area (Å²) in [6, 6.07) is 5.14. The van der Waals surface area contributed by atoms with Crippen LogP contribution in [0, 0.1) is 0 Å². The Morgan fingerprint density at radius 2 is 2.19 bits per heavy atom. The SMILES string of the molecule is CC1(C)Oc2c(cccc2C(O)C(=O)O)S1. The Labute approximate surface area is 97.2 Å². The molecular formula is C11H12O4S. The highest BCUT2D eigenvalue weighted by Gasteiger charge is 2.35. The molecule has 0 fully saturated rings. The molecule has 1 heterocycles. The average molecular weight is 240 g/mol. The number of aliphatic carboxylic acids is 1. The minimum absolute atomic E-state index is 0.308. The third-order valence-corrected chi connectivity index (χ3v) is 3.36. The lowest BCUT2D eigenvalue weighted by Gasteiger charge is -2.17. The van der Waals surface area contributed by atoms with Crippen LogP contribution in [0.3, 0.4) is 0 Å². The number of carbonyl (C=O) groups is 1. The fraction of sp³-hybridized carbons (Fsp3) is 0.364. The molecule has 0 spiro atoms. The van der Waals surface area contributed by atoms with Gasteiger partial charge >= 0.3 is 5.97 Å². The monoisotopic (exact) mass is 240 g/mol. The van der Waals surface area contributed by atoms with Gasteiger partial charge in [-0.15, -0.1) is 0 Å². The molecule has 1 aromatic rings. The number of carboxylic acids is 1. The number of benzene rings is 1. The van der Waals surface area contributed by atoms with Crippen LogP contribution in [-0.4, -0.2) is 21.1 Å². The van der Waals surface area contributed by atoms with Crippen LogP contribution < -0.4 is 4.74 Å². The van der Waals surface area contributed by atoms with E-state index in [4.69, 9.17) is 9.84 Å². The van der Waals surface area contributed by atoms with Gasteiger partial charge in [-0.05, 0) is 19.9 Å². The first-order chi connectivity index (χ1) is 7.41. The van der Waals surface area contributed by atoms with Crippen molar-refractivity contribution < 1.29 is 19.7 Å². The highest BCUT2D eigenvalue weighted by atomic mass is 32.2. The summed E-state index contributed by atoms with van der Waals surface area (Å²) in [4.78, 5) is 11.2. The van der Waals surface area contributed by atoms with Gasteiger partial charge in [0.1, 0.15) is 5.75 Å². The Kier molecular flexibility index (Phi) is 2.59. The number of ether oxygens (including phenoxy) is 1. The molecule has 1 atom stereocenters. The van der Waals surface area contributed by atoms with Gasteiger partial charge < -0.3 is 14.9 Å². The summed E-state index contributed by atoms with van der Waals surface area (Å²) < 4.78 is 5.64. The standard InChI is InChI=1S/C11H12O4S/c1-11(2)15-9-6(8(12)10(13)14)4-3-5-7(9)16-11/h3-5,8,12H,1-2H3,(H,13,14). The number of fused-ring (bicyclic) bond motifs is 1. The molecule has 0 amide bonds. The molecule has 0 bridgehead atoms. The Hall–Kier alpha value is -1.20. The average Bonchev–Trinajstić information content (AvgIpc) is 2.49. The summed E-state index contributed by atoms with van der Waals surface area (Å²) in [6.45, 7) is 3.79. The van der Waals surface area contributed by atoms with E-state index in [9.17, 15) is 9.90 Å². The zero-order valence-electron chi connectivity index (χ0n) is 8.93. The van der Waals surface area contributed by atoms with Crippen LogP contribution in [0.4, 0.5) is 0 Å². The third kappa shape index (κ3) is 1.88. The molecule has 16 heavy (non-hydrogen) atoms. The molecule has 5 heteroatoms. The number of carboxylic acid groups (broad SMARTS) is 1. The van der Waals surface area contributed by atoms with Crippen molar-refractivity contribution in [3.05, 3.63) is 23.8 Å². The number of hydrogen-bond acceptors (Lipinski definition) is 4. The molecule has 1 aliphatic rings. The second-order valence-corrected chi connectivity index (χ2v) is 5.65. The highest BCUT2D eigenvalue weighted by Crippen LogP contribution is 2.49. The summed E-state index contributed by atoms with van der Waals surface area (Å²) in [5, 5.41) is 18.3. The van der Waals surface area contributed by atoms with Crippen molar-refractivity contribution >= 4 is 17.7 Å². The van der Waals surface area contributed by atoms with Crippen molar-refractivity contribution in [3.8, 4) is 5.75 Å². The predicted octanol–water partition coefficient (Wildman–Crippen LogP) is 2.03. The number of thioether (sulfide) groups is 1. The number of aliphatic hydroxyl groups excluding tert-OH is 1. The van der Waals surface area contributed by atoms with Crippen LogP contribution in [-0.2, 0) is 4.79 Å². The molecule has 0 saturated heterocycles. The maximum absolute atomic E-state index is 10.7. The van der Waals surface area contributed by atoms with Gasteiger partial charge in [0, 0.05) is 5.56 Å². The summed E-state index contributed by atoms with van der Waals surface area (Å²) in [6.07, 6.45) is -1.54. The van der Waals surface area contributed by atoms with Crippen molar-refractivity contribution in [3.63, 3.8) is 0 Å². The molecule has 2 rings (SSSR count). The minimum atomic E-state index is -1.54. The van der Waals surface area contributed by atoms with E-state index in [0.29, 0.717) is 11.3 Å². The lowest BCUT2D eigenvalue weighted by molar-refractivity contribution is -0.147. The van der Waals surface area contributed by atoms with Crippen molar-refractivity contribution in [2.24, 2.45) is 0 Å². The van der Waals surface area contributed by atoms with Crippen molar-refractivity contribution in [2.75, 3.05) is 0 Å². The van der Waals surface area contributed by atoms with E-state index in [-0.39, 0.29) is 0 Å². The first-order valence-corrected chi connectivity index (χ1v) is 5.64. The van der Waals surface area contributed by atoms with E-state index in [1.54, 1.807) is 12.1 Å². The van der Waals surface area contributed by atoms with Crippen LogP contribution in [0.25, 0.3) is 0 Å². The molecular weight excluding hydrogens is 228 g/mol. The molecule has 4 nitrogen and oxygen atoms in total. The second-order valence-electron chi connectivity index (χ2n) is 4.02. The normalized spacial score (nSPS) is 18.7. The van der Waals surface area contributed by atoms with Crippen molar-refractivity contribution in [1.82, 2.24) is 0 Å². The molecule has 0 saturated carbocycles. The van der Waals surface area contributed by atoms with Gasteiger partial charge in [0.15, 0.2) is 11.0 Å². The van der Waals surface area contributed by atoms with Gasteiger partial charge in [-0.1, -0.05) is 23.9 Å². The fourth-order valence-electron chi connectivity index (χ4n) is 1.60. The lowest BCUT2D eigenvalue weighted by atomic mass is 10.1. The lowest BCUT2D eigenvalue weighted by Crippen LogP contribution is -2.19. The molecule has 0 aliphatic carbocycles. The Morgan fingerprint density at radius 1 is 1.50 bits per heavy atom. The second kappa shape index (κ2) is 3.68. The van der Waals surface area contributed by atoms with Crippen molar-refractivity contribution in [2.45, 2.75) is 29.8 Å². The quantitative estimate of drug-likeness (QED) is 0.828. The summed E-state index contributed by atoms with van der Waals surface area (Å²) >= 11 is 1.51. The Bertz CT molecular complexity index is 442. The van der Waals surface area contributed by atoms with Gasteiger partial charge in [0.25, 0.3) is 0 Å². The Balaban J connectivity index is 2.45. The molecule has 2 N–H and O–H groups in total. The molecule has 1 unspecified atom stereocenters. The molecule has 86 valence electrons. The highest BCUT2D eigenvalue weighted by molar-refractivity contribution is 8.00. The van der Waals surface area contributed by atoms with E-state index >= 15 is 0 Å². The van der Waals surface area contributed by atoms with Crippen LogP contribution in [0.15, 0.2) is 23.1 Å². The van der Waals surface area contributed by atoms with Crippen LogP contribution >= 0.6 is 11.8 Å². The van der Waals surface area contributed by atoms with Gasteiger partial charge in [-0.3, -0.25) is 0 Å². The first kappa shape index (κ1) is 11.3. The van der Waals surface area contributed by atoms with Gasteiger partial charge in [-0.2, -0.15) is 0 Å². The summed E-state index contributed by atoms with van der Waals surface area (Å²) in [7, 11) is 0. The smallest absolute Gasteiger partial charge is 0.337 e.